The van der Waals surface area contributed by atoms with E-state index in [9.17, 15) is 0 Å². The molecule has 2 unspecified atom stereocenters. The van der Waals surface area contributed by atoms with Crippen molar-refractivity contribution in [2.24, 2.45) is 5.84 Å². The lowest BCUT2D eigenvalue weighted by atomic mass is 9.90. The summed E-state index contributed by atoms with van der Waals surface area (Å²) in [6, 6.07) is 0.416. The molecule has 0 amide bonds. The SMILES string of the molecule is NNc1ncnc(N2CCOC3CCCCC32)c1Br. The average molecular weight is 328 g/mol. The van der Waals surface area contributed by atoms with Gasteiger partial charge in [0.25, 0.3) is 0 Å². The molecule has 1 aromatic rings. The van der Waals surface area contributed by atoms with Gasteiger partial charge in [-0.2, -0.15) is 0 Å². The second-order valence-corrected chi connectivity index (χ2v) is 5.75. The van der Waals surface area contributed by atoms with Gasteiger partial charge in [-0.3, -0.25) is 0 Å². The Balaban J connectivity index is 1.91. The maximum absolute atomic E-state index is 5.89. The van der Waals surface area contributed by atoms with Crippen LogP contribution in [0.4, 0.5) is 11.6 Å². The summed E-state index contributed by atoms with van der Waals surface area (Å²) in [5.41, 5.74) is 2.59. The largest absolute Gasteiger partial charge is 0.374 e. The number of nitrogens with zero attached hydrogens (tertiary/aromatic N) is 3. The third kappa shape index (κ3) is 2.42. The molecule has 0 radical (unpaired) electrons. The number of hydrazine groups is 1. The molecule has 3 N–H and O–H groups in total. The molecule has 2 aliphatic rings. The highest BCUT2D eigenvalue weighted by Crippen LogP contribution is 2.36. The minimum Gasteiger partial charge on any atom is -0.374 e. The topological polar surface area (TPSA) is 76.3 Å². The van der Waals surface area contributed by atoms with Crippen LogP contribution in [0.3, 0.4) is 0 Å². The first-order valence-electron chi connectivity index (χ1n) is 6.66. The number of hydrogen-bond donors (Lipinski definition) is 2. The Kier molecular flexibility index (Phi) is 3.86. The molecule has 0 bridgehead atoms. The fraction of sp³-hybridized carbons (Fsp3) is 0.667. The Bertz CT molecular complexity index is 456. The van der Waals surface area contributed by atoms with Gasteiger partial charge < -0.3 is 15.1 Å². The van der Waals surface area contributed by atoms with E-state index >= 15 is 0 Å². The molecule has 1 saturated heterocycles. The summed E-state index contributed by atoms with van der Waals surface area (Å²) in [5.74, 6) is 6.99. The zero-order valence-corrected chi connectivity index (χ0v) is 12.3. The monoisotopic (exact) mass is 327 g/mol. The molecule has 6 nitrogen and oxygen atoms in total. The predicted molar refractivity (Wildman–Crippen MR) is 76.9 cm³/mol. The molecule has 1 saturated carbocycles. The molecular weight excluding hydrogens is 310 g/mol. The van der Waals surface area contributed by atoms with E-state index in [4.69, 9.17) is 10.6 Å². The van der Waals surface area contributed by atoms with Crippen molar-refractivity contribution in [1.29, 1.82) is 0 Å². The summed E-state index contributed by atoms with van der Waals surface area (Å²) >= 11 is 3.54. The van der Waals surface area contributed by atoms with Gasteiger partial charge in [0.2, 0.25) is 0 Å². The van der Waals surface area contributed by atoms with Gasteiger partial charge in [-0.25, -0.2) is 15.8 Å². The summed E-state index contributed by atoms with van der Waals surface area (Å²) in [7, 11) is 0. The predicted octanol–water partition coefficient (Wildman–Crippen LogP) is 1.67. The third-order valence-corrected chi connectivity index (χ3v) is 4.64. The van der Waals surface area contributed by atoms with E-state index in [0.29, 0.717) is 18.0 Å². The number of halogens is 1. The van der Waals surface area contributed by atoms with Crippen LogP contribution in [0.25, 0.3) is 0 Å². The first-order valence-corrected chi connectivity index (χ1v) is 7.46. The molecule has 1 aliphatic heterocycles. The number of ether oxygens (including phenoxy) is 1. The van der Waals surface area contributed by atoms with Crippen LogP contribution in [0.2, 0.25) is 0 Å². The lowest BCUT2D eigenvalue weighted by Crippen LogP contribution is -2.53. The summed E-state index contributed by atoms with van der Waals surface area (Å²) in [6.45, 7) is 1.61. The molecule has 2 fully saturated rings. The molecule has 2 atom stereocenters. The molecule has 1 aromatic heterocycles. The number of nitrogens with two attached hydrogens (primary N) is 1. The van der Waals surface area contributed by atoms with Crippen LogP contribution in [0.15, 0.2) is 10.8 Å². The van der Waals surface area contributed by atoms with Crippen molar-refractivity contribution >= 4 is 27.6 Å². The zero-order valence-electron chi connectivity index (χ0n) is 10.7. The fourth-order valence-corrected chi connectivity index (χ4v) is 3.57. The zero-order chi connectivity index (χ0) is 13.2. The third-order valence-electron chi connectivity index (χ3n) is 3.91. The molecule has 0 aromatic carbocycles. The summed E-state index contributed by atoms with van der Waals surface area (Å²) in [6.07, 6.45) is 6.70. The highest BCUT2D eigenvalue weighted by Gasteiger charge is 2.35. The Morgan fingerprint density at radius 3 is 3.05 bits per heavy atom. The Morgan fingerprint density at radius 2 is 2.21 bits per heavy atom. The number of fused-ring (bicyclic) bond motifs is 1. The van der Waals surface area contributed by atoms with Gasteiger partial charge in [-0.05, 0) is 28.8 Å². The van der Waals surface area contributed by atoms with E-state index < -0.39 is 0 Å². The number of aromatic nitrogens is 2. The molecule has 1 aliphatic carbocycles. The number of nitrogens with one attached hydrogen (secondary N) is 1. The number of morpholine rings is 1. The van der Waals surface area contributed by atoms with Gasteiger partial charge in [0.15, 0.2) is 5.82 Å². The van der Waals surface area contributed by atoms with Gasteiger partial charge in [-0.15, -0.1) is 0 Å². The fourth-order valence-electron chi connectivity index (χ4n) is 3.02. The van der Waals surface area contributed by atoms with Crippen molar-refractivity contribution in [2.75, 3.05) is 23.5 Å². The first-order chi connectivity index (χ1) is 9.31. The lowest BCUT2D eigenvalue weighted by Gasteiger charge is -2.44. The van der Waals surface area contributed by atoms with E-state index in [0.717, 1.165) is 36.3 Å². The van der Waals surface area contributed by atoms with Crippen LogP contribution in [0, 0.1) is 0 Å². The van der Waals surface area contributed by atoms with Crippen molar-refractivity contribution in [3.05, 3.63) is 10.8 Å². The van der Waals surface area contributed by atoms with Crippen LogP contribution in [0.1, 0.15) is 25.7 Å². The second-order valence-electron chi connectivity index (χ2n) is 4.96. The molecule has 19 heavy (non-hydrogen) atoms. The molecule has 104 valence electrons. The average Bonchev–Trinajstić information content (AvgIpc) is 2.47. The Hall–Kier alpha value is -0.920. The van der Waals surface area contributed by atoms with E-state index in [1.54, 1.807) is 6.33 Å². The number of nitrogen functional groups attached to an aromatic ring is 1. The van der Waals surface area contributed by atoms with Gasteiger partial charge >= 0.3 is 0 Å². The van der Waals surface area contributed by atoms with Crippen molar-refractivity contribution in [1.82, 2.24) is 9.97 Å². The van der Waals surface area contributed by atoms with E-state index in [-0.39, 0.29) is 0 Å². The standard InChI is InChI=1S/C12H18BrN5O/c13-10-11(17-14)15-7-16-12(10)18-5-6-19-9-4-2-1-3-8(9)18/h7-9H,1-6,14H2,(H,15,16,17). The second kappa shape index (κ2) is 5.60. The quantitative estimate of drug-likeness (QED) is 0.635. The van der Waals surface area contributed by atoms with Gasteiger partial charge in [0, 0.05) is 6.54 Å². The molecule has 3 rings (SSSR count). The van der Waals surface area contributed by atoms with Gasteiger partial charge in [0.05, 0.1) is 18.8 Å². The number of anilines is 2. The normalized spacial score (nSPS) is 26.9. The maximum atomic E-state index is 5.89. The summed E-state index contributed by atoms with van der Waals surface area (Å²) in [4.78, 5) is 10.9. The van der Waals surface area contributed by atoms with Crippen LogP contribution >= 0.6 is 15.9 Å². The van der Waals surface area contributed by atoms with Crippen molar-refractivity contribution in [2.45, 2.75) is 37.8 Å². The minimum atomic E-state index is 0.332. The van der Waals surface area contributed by atoms with E-state index in [1.807, 2.05) is 0 Å². The summed E-state index contributed by atoms with van der Waals surface area (Å²) < 4.78 is 6.71. The van der Waals surface area contributed by atoms with E-state index in [1.165, 1.54) is 12.8 Å². The lowest BCUT2D eigenvalue weighted by molar-refractivity contribution is -0.00904. The highest BCUT2D eigenvalue weighted by atomic mass is 79.9. The molecule has 7 heteroatoms. The molecule has 2 heterocycles. The van der Waals surface area contributed by atoms with E-state index in [2.05, 4.69) is 36.2 Å². The molecule has 0 spiro atoms. The number of rotatable bonds is 2. The Morgan fingerprint density at radius 1 is 1.37 bits per heavy atom. The van der Waals surface area contributed by atoms with Crippen LogP contribution in [0.5, 0.6) is 0 Å². The van der Waals surface area contributed by atoms with Crippen LogP contribution < -0.4 is 16.2 Å². The smallest absolute Gasteiger partial charge is 0.159 e. The highest BCUT2D eigenvalue weighted by molar-refractivity contribution is 9.10. The number of hydrogen-bond acceptors (Lipinski definition) is 6. The minimum absolute atomic E-state index is 0.332. The van der Waals surface area contributed by atoms with Crippen molar-refractivity contribution in [3.8, 4) is 0 Å². The summed E-state index contributed by atoms with van der Waals surface area (Å²) in [5, 5.41) is 0. The van der Waals surface area contributed by atoms with Gasteiger partial charge in [0.1, 0.15) is 16.6 Å². The van der Waals surface area contributed by atoms with Crippen molar-refractivity contribution < 1.29 is 4.74 Å². The van der Waals surface area contributed by atoms with Gasteiger partial charge in [-0.1, -0.05) is 12.8 Å². The van der Waals surface area contributed by atoms with Crippen LogP contribution in [-0.2, 0) is 4.74 Å². The molecular formula is C12H18BrN5O. The first kappa shape index (κ1) is 13.1. The van der Waals surface area contributed by atoms with Crippen molar-refractivity contribution in [3.63, 3.8) is 0 Å². The van der Waals surface area contributed by atoms with Crippen LogP contribution in [-0.4, -0.2) is 35.3 Å². The maximum Gasteiger partial charge on any atom is 0.159 e. The Labute approximate surface area is 120 Å².